The van der Waals surface area contributed by atoms with Gasteiger partial charge in [-0.3, -0.25) is 9.59 Å². The second kappa shape index (κ2) is 6.19. The maximum Gasteiger partial charge on any atom is 0.323 e. The molecule has 0 radical (unpaired) electrons. The van der Waals surface area contributed by atoms with E-state index in [0.717, 1.165) is 10.9 Å². The molecule has 0 unspecified atom stereocenters. The molecule has 116 valence electrons. The number of ether oxygens (including phenoxy) is 1. The van der Waals surface area contributed by atoms with E-state index < -0.39 is 5.97 Å². The molecule has 0 bridgehead atoms. The number of fused-ring (bicyclic) bond motifs is 1. The molecule has 0 spiro atoms. The number of aromatic amines is 1. The van der Waals surface area contributed by atoms with Crippen LogP contribution in [-0.4, -0.2) is 52.7 Å². The number of nitrogens with one attached hydrogen (secondary N) is 1. The van der Waals surface area contributed by atoms with Gasteiger partial charge in [0.1, 0.15) is 6.54 Å². The highest BCUT2D eigenvalue weighted by atomic mass is 16.5. The van der Waals surface area contributed by atoms with Gasteiger partial charge in [0, 0.05) is 36.5 Å². The number of hydrogen-bond acceptors (Lipinski definition) is 3. The molecule has 2 N–H and O–H groups in total. The van der Waals surface area contributed by atoms with Gasteiger partial charge in [-0.15, -0.1) is 0 Å². The second-order valence-corrected chi connectivity index (χ2v) is 5.45. The first-order chi connectivity index (χ1) is 10.6. The summed E-state index contributed by atoms with van der Waals surface area (Å²) in [7, 11) is 0. The van der Waals surface area contributed by atoms with Crippen LogP contribution in [-0.2, 0) is 9.53 Å². The van der Waals surface area contributed by atoms with Gasteiger partial charge < -0.3 is 19.7 Å². The molecule has 1 aliphatic heterocycles. The van der Waals surface area contributed by atoms with Crippen molar-refractivity contribution in [2.45, 2.75) is 18.9 Å². The van der Waals surface area contributed by atoms with Crippen LogP contribution < -0.4 is 0 Å². The zero-order chi connectivity index (χ0) is 15.5. The number of benzene rings is 1. The van der Waals surface area contributed by atoms with Crippen LogP contribution in [0.5, 0.6) is 0 Å². The number of aromatic nitrogens is 1. The molecule has 0 atom stereocenters. The van der Waals surface area contributed by atoms with Crippen molar-refractivity contribution in [2.24, 2.45) is 0 Å². The van der Waals surface area contributed by atoms with Gasteiger partial charge in [0.2, 0.25) is 0 Å². The topological polar surface area (TPSA) is 82.6 Å². The van der Waals surface area contributed by atoms with Crippen LogP contribution in [0.15, 0.2) is 30.5 Å². The van der Waals surface area contributed by atoms with E-state index in [9.17, 15) is 9.59 Å². The molecule has 1 aliphatic rings. The van der Waals surface area contributed by atoms with E-state index in [-0.39, 0.29) is 18.5 Å². The number of H-pyrrole nitrogens is 1. The van der Waals surface area contributed by atoms with Crippen molar-refractivity contribution < 1.29 is 19.4 Å². The Bertz CT molecular complexity index is 688. The molecule has 2 aromatic rings. The van der Waals surface area contributed by atoms with E-state index in [1.165, 1.54) is 4.90 Å². The van der Waals surface area contributed by atoms with Gasteiger partial charge in [0.05, 0.1) is 0 Å². The lowest BCUT2D eigenvalue weighted by molar-refractivity contribution is -0.138. The molecular formula is C16H18N2O4. The Hall–Kier alpha value is -2.34. The van der Waals surface area contributed by atoms with E-state index in [1.54, 1.807) is 12.1 Å². The highest BCUT2D eigenvalue weighted by molar-refractivity contribution is 5.99. The summed E-state index contributed by atoms with van der Waals surface area (Å²) < 4.78 is 5.30. The average Bonchev–Trinajstić information content (AvgIpc) is 3.00. The zero-order valence-corrected chi connectivity index (χ0v) is 12.1. The Morgan fingerprint density at radius 2 is 2.05 bits per heavy atom. The normalized spacial score (nSPS) is 15.8. The molecule has 0 aliphatic carbocycles. The molecule has 1 amide bonds. The predicted molar refractivity (Wildman–Crippen MR) is 80.8 cm³/mol. The zero-order valence-electron chi connectivity index (χ0n) is 12.1. The molecule has 1 aromatic carbocycles. The second-order valence-electron chi connectivity index (χ2n) is 5.45. The third kappa shape index (κ3) is 2.96. The average molecular weight is 302 g/mol. The standard InChI is InChI=1S/C16H18N2O4/c19-15(20)10-18(13-4-7-22-8-5-13)16(21)12-2-1-11-3-6-17-14(11)9-12/h1-3,6,9,13,17H,4-5,7-8,10H2,(H,19,20). The number of carboxylic acid groups (broad SMARTS) is 1. The van der Waals surface area contributed by atoms with Crippen molar-refractivity contribution in [3.63, 3.8) is 0 Å². The molecule has 6 heteroatoms. The fraction of sp³-hybridized carbons (Fsp3) is 0.375. The van der Waals surface area contributed by atoms with Crippen LogP contribution in [0.2, 0.25) is 0 Å². The summed E-state index contributed by atoms with van der Waals surface area (Å²) in [6, 6.07) is 7.22. The van der Waals surface area contributed by atoms with Gasteiger partial charge in [-0.25, -0.2) is 0 Å². The number of hydrogen-bond donors (Lipinski definition) is 2. The summed E-state index contributed by atoms with van der Waals surface area (Å²) in [5, 5.41) is 10.1. The highest BCUT2D eigenvalue weighted by Gasteiger charge is 2.28. The summed E-state index contributed by atoms with van der Waals surface area (Å²) in [4.78, 5) is 28.4. The molecule has 0 saturated carbocycles. The van der Waals surface area contributed by atoms with Crippen molar-refractivity contribution in [3.8, 4) is 0 Å². The largest absolute Gasteiger partial charge is 0.480 e. The number of rotatable bonds is 4. The molecular weight excluding hydrogens is 284 g/mol. The first kappa shape index (κ1) is 14.6. The summed E-state index contributed by atoms with van der Waals surface area (Å²) in [6.45, 7) is 0.833. The number of carbonyl (C=O) groups is 2. The molecule has 22 heavy (non-hydrogen) atoms. The Morgan fingerprint density at radius 3 is 2.77 bits per heavy atom. The van der Waals surface area contributed by atoms with E-state index >= 15 is 0 Å². The summed E-state index contributed by atoms with van der Waals surface area (Å²) >= 11 is 0. The van der Waals surface area contributed by atoms with Crippen LogP contribution in [0.1, 0.15) is 23.2 Å². The summed E-state index contributed by atoms with van der Waals surface area (Å²) in [5.41, 5.74) is 1.37. The fourth-order valence-electron chi connectivity index (χ4n) is 2.86. The lowest BCUT2D eigenvalue weighted by Gasteiger charge is -2.33. The molecule has 2 heterocycles. The maximum atomic E-state index is 12.8. The van der Waals surface area contributed by atoms with Gasteiger partial charge in [0.25, 0.3) is 5.91 Å². The Morgan fingerprint density at radius 1 is 1.27 bits per heavy atom. The lowest BCUT2D eigenvalue weighted by Crippen LogP contribution is -2.46. The molecule has 3 rings (SSSR count). The minimum absolute atomic E-state index is 0.0864. The van der Waals surface area contributed by atoms with E-state index in [2.05, 4.69) is 4.98 Å². The number of carboxylic acids is 1. The predicted octanol–water partition coefficient (Wildman–Crippen LogP) is 1.87. The first-order valence-electron chi connectivity index (χ1n) is 7.33. The van der Waals surface area contributed by atoms with Crippen LogP contribution >= 0.6 is 0 Å². The third-order valence-corrected chi connectivity index (χ3v) is 4.00. The van der Waals surface area contributed by atoms with Gasteiger partial charge in [0.15, 0.2) is 0 Å². The maximum absolute atomic E-state index is 12.8. The van der Waals surface area contributed by atoms with Gasteiger partial charge in [-0.1, -0.05) is 6.07 Å². The third-order valence-electron chi connectivity index (χ3n) is 4.00. The van der Waals surface area contributed by atoms with Crippen molar-refractivity contribution >= 4 is 22.8 Å². The van der Waals surface area contributed by atoms with Crippen molar-refractivity contribution in [2.75, 3.05) is 19.8 Å². The number of nitrogens with zero attached hydrogens (tertiary/aromatic N) is 1. The number of carbonyl (C=O) groups excluding carboxylic acids is 1. The van der Waals surface area contributed by atoms with E-state index in [0.29, 0.717) is 31.6 Å². The summed E-state index contributed by atoms with van der Waals surface area (Å²) in [6.07, 6.45) is 3.15. The van der Waals surface area contributed by atoms with Crippen LogP contribution in [0, 0.1) is 0 Å². The summed E-state index contributed by atoms with van der Waals surface area (Å²) in [5.74, 6) is -1.24. The SMILES string of the molecule is O=C(O)CN(C(=O)c1ccc2cc[nH]c2c1)C1CCOCC1. The van der Waals surface area contributed by atoms with Crippen molar-refractivity contribution in [3.05, 3.63) is 36.0 Å². The van der Waals surface area contributed by atoms with Crippen molar-refractivity contribution in [1.29, 1.82) is 0 Å². The van der Waals surface area contributed by atoms with Crippen molar-refractivity contribution in [1.82, 2.24) is 9.88 Å². The molecule has 1 saturated heterocycles. The molecule has 1 fully saturated rings. The Labute approximate surface area is 127 Å². The minimum atomic E-state index is -0.999. The fourth-order valence-corrected chi connectivity index (χ4v) is 2.86. The Kier molecular flexibility index (Phi) is 4.11. The monoisotopic (exact) mass is 302 g/mol. The molecule has 1 aromatic heterocycles. The quantitative estimate of drug-likeness (QED) is 0.903. The number of aliphatic carboxylic acids is 1. The van der Waals surface area contributed by atoms with Gasteiger partial charge in [-0.2, -0.15) is 0 Å². The first-order valence-corrected chi connectivity index (χ1v) is 7.33. The minimum Gasteiger partial charge on any atom is -0.480 e. The Balaban J connectivity index is 1.87. The highest BCUT2D eigenvalue weighted by Crippen LogP contribution is 2.20. The van der Waals surface area contributed by atoms with E-state index in [1.807, 2.05) is 18.3 Å². The van der Waals surface area contributed by atoms with Gasteiger partial charge in [-0.05, 0) is 36.4 Å². The molecule has 6 nitrogen and oxygen atoms in total. The smallest absolute Gasteiger partial charge is 0.323 e. The lowest BCUT2D eigenvalue weighted by atomic mass is 10.0. The van der Waals surface area contributed by atoms with Crippen LogP contribution in [0.4, 0.5) is 0 Å². The van der Waals surface area contributed by atoms with E-state index in [4.69, 9.17) is 9.84 Å². The number of amides is 1. The van der Waals surface area contributed by atoms with Crippen LogP contribution in [0.25, 0.3) is 10.9 Å². The van der Waals surface area contributed by atoms with Crippen LogP contribution in [0.3, 0.4) is 0 Å². The van der Waals surface area contributed by atoms with Gasteiger partial charge >= 0.3 is 5.97 Å².